The van der Waals surface area contributed by atoms with Crippen LogP contribution in [0.25, 0.3) is 0 Å². The molecule has 23 heavy (non-hydrogen) atoms. The Morgan fingerprint density at radius 2 is 1.61 bits per heavy atom. The third-order valence-corrected chi connectivity index (χ3v) is 3.51. The van der Waals surface area contributed by atoms with Gasteiger partial charge in [-0.2, -0.15) is 0 Å². The number of amides is 2. The van der Waals surface area contributed by atoms with Crippen molar-refractivity contribution in [2.75, 3.05) is 11.9 Å². The van der Waals surface area contributed by atoms with Crippen molar-refractivity contribution < 1.29 is 18.7 Å². The van der Waals surface area contributed by atoms with Gasteiger partial charge in [-0.1, -0.05) is 24.3 Å². The normalized spacial score (nSPS) is 11.9. The van der Waals surface area contributed by atoms with E-state index in [1.807, 2.05) is 32.0 Å². The first-order valence-corrected chi connectivity index (χ1v) is 7.13. The van der Waals surface area contributed by atoms with Gasteiger partial charge in [0.2, 0.25) is 0 Å². The summed E-state index contributed by atoms with van der Waals surface area (Å²) in [5.41, 5.74) is 1.98. The molecule has 1 atom stereocenters. The minimum absolute atomic E-state index is 0.311. The fraction of sp³-hybridized carbons (Fsp3) is 0.235. The lowest BCUT2D eigenvalue weighted by Gasteiger charge is -2.16. The molecular weight excluding hydrogens is 302 g/mol. The molecule has 2 amide bonds. The highest BCUT2D eigenvalue weighted by molar-refractivity contribution is 5.91. The highest BCUT2D eigenvalue weighted by Gasteiger charge is 2.18. The summed E-state index contributed by atoms with van der Waals surface area (Å²) in [7, 11) is 0. The number of anilines is 1. The quantitative estimate of drug-likeness (QED) is 0.808. The molecule has 3 N–H and O–H groups in total. The Hall–Kier alpha value is -2.47. The molecule has 0 aliphatic carbocycles. The largest absolute Gasteiger partial charge is 0.386 e. The molecule has 0 saturated carbocycles. The molecule has 6 heteroatoms. The van der Waals surface area contributed by atoms with Gasteiger partial charge in [-0.3, -0.25) is 0 Å². The number of hydrogen-bond acceptors (Lipinski definition) is 2. The van der Waals surface area contributed by atoms with Crippen molar-refractivity contribution in [1.29, 1.82) is 0 Å². The van der Waals surface area contributed by atoms with E-state index >= 15 is 0 Å². The summed E-state index contributed by atoms with van der Waals surface area (Å²) in [5, 5.41) is 15.0. The van der Waals surface area contributed by atoms with E-state index in [0.29, 0.717) is 5.69 Å². The number of aliphatic hydroxyl groups is 1. The second-order valence-corrected chi connectivity index (χ2v) is 5.25. The average Bonchev–Trinajstić information content (AvgIpc) is 2.49. The summed E-state index contributed by atoms with van der Waals surface area (Å²) in [4.78, 5) is 11.9. The smallest absolute Gasteiger partial charge is 0.319 e. The van der Waals surface area contributed by atoms with Gasteiger partial charge in [-0.15, -0.1) is 0 Å². The number of aryl methyl sites for hydroxylation is 2. The van der Waals surface area contributed by atoms with Crippen LogP contribution in [0.2, 0.25) is 0 Å². The van der Waals surface area contributed by atoms with Crippen molar-refractivity contribution in [3.63, 3.8) is 0 Å². The summed E-state index contributed by atoms with van der Waals surface area (Å²) in [6, 6.07) is 8.34. The van der Waals surface area contributed by atoms with Crippen LogP contribution in [0.4, 0.5) is 19.3 Å². The second-order valence-electron chi connectivity index (χ2n) is 5.25. The molecule has 2 aromatic rings. The van der Waals surface area contributed by atoms with E-state index in [4.69, 9.17) is 0 Å². The molecule has 0 fully saturated rings. The van der Waals surface area contributed by atoms with Crippen LogP contribution in [0.1, 0.15) is 22.8 Å². The molecule has 0 heterocycles. The second kappa shape index (κ2) is 7.19. The van der Waals surface area contributed by atoms with Crippen molar-refractivity contribution in [2.45, 2.75) is 20.0 Å². The van der Waals surface area contributed by atoms with E-state index in [-0.39, 0.29) is 6.54 Å². The first-order valence-electron chi connectivity index (χ1n) is 7.13. The molecule has 2 aromatic carbocycles. The predicted octanol–water partition coefficient (Wildman–Crippen LogP) is 3.44. The maximum atomic E-state index is 13.5. The fourth-order valence-electron chi connectivity index (χ4n) is 2.29. The summed E-state index contributed by atoms with van der Waals surface area (Å²) in [5.74, 6) is -1.70. The Morgan fingerprint density at radius 1 is 1.09 bits per heavy atom. The fourth-order valence-corrected chi connectivity index (χ4v) is 2.29. The van der Waals surface area contributed by atoms with E-state index in [1.165, 1.54) is 6.07 Å². The Balaban J connectivity index is 1.99. The topological polar surface area (TPSA) is 61.4 Å². The number of carbonyl (C=O) groups is 1. The van der Waals surface area contributed by atoms with Crippen LogP contribution in [0.15, 0.2) is 36.4 Å². The van der Waals surface area contributed by atoms with Crippen LogP contribution < -0.4 is 10.6 Å². The highest BCUT2D eigenvalue weighted by Crippen LogP contribution is 2.21. The van der Waals surface area contributed by atoms with Gasteiger partial charge in [-0.05, 0) is 37.1 Å². The highest BCUT2D eigenvalue weighted by atomic mass is 19.1. The molecule has 2 rings (SSSR count). The van der Waals surface area contributed by atoms with Crippen LogP contribution in [0.3, 0.4) is 0 Å². The maximum Gasteiger partial charge on any atom is 0.319 e. The van der Waals surface area contributed by atoms with Crippen LogP contribution >= 0.6 is 0 Å². The number of rotatable bonds is 4. The van der Waals surface area contributed by atoms with Crippen molar-refractivity contribution in [2.24, 2.45) is 0 Å². The number of aliphatic hydroxyl groups excluding tert-OH is 1. The molecule has 0 spiro atoms. The summed E-state index contributed by atoms with van der Waals surface area (Å²) < 4.78 is 27.1. The van der Waals surface area contributed by atoms with Crippen LogP contribution in [0, 0.1) is 25.5 Å². The van der Waals surface area contributed by atoms with Crippen LogP contribution in [0.5, 0.6) is 0 Å². The monoisotopic (exact) mass is 320 g/mol. The van der Waals surface area contributed by atoms with Crippen molar-refractivity contribution in [3.05, 3.63) is 64.7 Å². The number of benzene rings is 2. The Labute approximate surface area is 133 Å². The van der Waals surface area contributed by atoms with Crippen LogP contribution in [-0.2, 0) is 0 Å². The number of hydrogen-bond donors (Lipinski definition) is 3. The van der Waals surface area contributed by atoms with Gasteiger partial charge in [0.15, 0.2) is 0 Å². The zero-order valence-corrected chi connectivity index (χ0v) is 12.9. The number of carbonyl (C=O) groups excluding carboxylic acids is 1. The van der Waals surface area contributed by atoms with E-state index in [0.717, 1.165) is 23.3 Å². The molecule has 0 aliphatic heterocycles. The lowest BCUT2D eigenvalue weighted by molar-refractivity contribution is 0.166. The Morgan fingerprint density at radius 3 is 2.17 bits per heavy atom. The number of para-hydroxylation sites is 1. The standard InChI is InChI=1S/C17H18F2N2O2/c1-10-5-3-6-11(2)16(10)21-17(23)20-9-14(22)15-12(18)7-4-8-13(15)19/h3-8,14,22H,9H2,1-2H3,(H2,20,21,23). The molecule has 122 valence electrons. The molecule has 0 radical (unpaired) electrons. The van der Waals surface area contributed by atoms with Crippen molar-refractivity contribution in [1.82, 2.24) is 5.32 Å². The van der Waals surface area contributed by atoms with Gasteiger partial charge in [0.25, 0.3) is 0 Å². The lowest BCUT2D eigenvalue weighted by atomic mass is 10.1. The number of urea groups is 1. The van der Waals surface area contributed by atoms with Crippen molar-refractivity contribution >= 4 is 11.7 Å². The lowest BCUT2D eigenvalue weighted by Crippen LogP contribution is -2.33. The average molecular weight is 320 g/mol. The maximum absolute atomic E-state index is 13.5. The first kappa shape index (κ1) is 16.9. The van der Waals surface area contributed by atoms with Gasteiger partial charge in [0, 0.05) is 12.2 Å². The van der Waals surface area contributed by atoms with E-state index < -0.39 is 29.3 Å². The third-order valence-electron chi connectivity index (χ3n) is 3.51. The van der Waals surface area contributed by atoms with Gasteiger partial charge >= 0.3 is 6.03 Å². The Bertz CT molecular complexity index is 679. The molecule has 4 nitrogen and oxygen atoms in total. The van der Waals surface area contributed by atoms with Crippen LogP contribution in [-0.4, -0.2) is 17.7 Å². The van der Waals surface area contributed by atoms with E-state index in [9.17, 15) is 18.7 Å². The zero-order chi connectivity index (χ0) is 17.0. The zero-order valence-electron chi connectivity index (χ0n) is 12.9. The summed E-state index contributed by atoms with van der Waals surface area (Å²) in [6.07, 6.45) is -1.47. The third kappa shape index (κ3) is 4.04. The van der Waals surface area contributed by atoms with Gasteiger partial charge in [0.05, 0.1) is 5.56 Å². The predicted molar refractivity (Wildman–Crippen MR) is 84.3 cm³/mol. The summed E-state index contributed by atoms with van der Waals surface area (Å²) >= 11 is 0. The molecule has 0 aromatic heterocycles. The number of halogens is 2. The number of nitrogens with one attached hydrogen (secondary N) is 2. The molecular formula is C17H18F2N2O2. The van der Waals surface area contributed by atoms with Gasteiger partial charge in [-0.25, -0.2) is 13.6 Å². The Kier molecular flexibility index (Phi) is 5.28. The van der Waals surface area contributed by atoms with E-state index in [1.54, 1.807) is 0 Å². The summed E-state index contributed by atoms with van der Waals surface area (Å²) in [6.45, 7) is 3.40. The SMILES string of the molecule is Cc1cccc(C)c1NC(=O)NCC(O)c1c(F)cccc1F. The van der Waals surface area contributed by atoms with E-state index in [2.05, 4.69) is 10.6 Å². The minimum Gasteiger partial charge on any atom is -0.386 e. The van der Waals surface area contributed by atoms with Gasteiger partial charge in [0.1, 0.15) is 17.7 Å². The van der Waals surface area contributed by atoms with Gasteiger partial charge < -0.3 is 15.7 Å². The molecule has 1 unspecified atom stereocenters. The molecule has 0 aliphatic rings. The minimum atomic E-state index is -1.47. The first-order chi connectivity index (χ1) is 10.9. The molecule has 0 saturated heterocycles. The molecule has 0 bridgehead atoms. The van der Waals surface area contributed by atoms with Crippen molar-refractivity contribution in [3.8, 4) is 0 Å².